The second kappa shape index (κ2) is 18.0. The van der Waals surface area contributed by atoms with Crippen molar-refractivity contribution in [1.29, 1.82) is 0 Å². The molecule has 2 aromatic heterocycles. The molecule has 0 saturated carbocycles. The zero-order valence-corrected chi connectivity index (χ0v) is 45.7. The summed E-state index contributed by atoms with van der Waals surface area (Å²) < 4.78 is 9.23. The Morgan fingerprint density at radius 3 is 1.64 bits per heavy atom. The van der Waals surface area contributed by atoms with Crippen molar-refractivity contribution in [2.45, 2.75) is 5.41 Å². The molecule has 3 heteroatoms. The quantitative estimate of drug-likeness (QED) is 0.159. The van der Waals surface area contributed by atoms with Gasteiger partial charge in [-0.15, -0.1) is 0 Å². The number of benzene rings is 14. The molecule has 84 heavy (non-hydrogen) atoms. The Bertz CT molecular complexity index is 5360. The first-order valence-electron chi connectivity index (χ1n) is 29.1. The molecule has 14 aromatic carbocycles. The molecule has 0 N–H and O–H groups in total. The number of furan rings is 1. The zero-order chi connectivity index (χ0) is 55.0. The maximum atomic E-state index is 6.76. The molecule has 390 valence electrons. The summed E-state index contributed by atoms with van der Waals surface area (Å²) in [4.78, 5) is 2.41. The van der Waals surface area contributed by atoms with Gasteiger partial charge in [0.2, 0.25) is 0 Å². The summed E-state index contributed by atoms with van der Waals surface area (Å²) in [6.07, 6.45) is 0. The third-order valence-electron chi connectivity index (χ3n) is 18.4. The molecule has 1 atom stereocenters. The molecule has 0 amide bonds. The van der Waals surface area contributed by atoms with Crippen LogP contribution < -0.4 is 4.90 Å². The molecule has 0 bridgehead atoms. The van der Waals surface area contributed by atoms with E-state index in [1.165, 1.54) is 110 Å². The van der Waals surface area contributed by atoms with Crippen molar-refractivity contribution in [2.75, 3.05) is 4.90 Å². The van der Waals surface area contributed by atoms with E-state index in [0.29, 0.717) is 0 Å². The summed E-state index contributed by atoms with van der Waals surface area (Å²) in [6.45, 7) is 0. The standard InChI is InChI=1S/C81H50N2O/c1-3-18-51(19-4-1)57-36-41-65-63-27-11-14-30-71(63)81(73(65)47-57)72-31-15-12-28-64(72)69-45-44-62(53-20-5-2-6-21-53)79(80(69)81)54-34-37-58(38-35-54)83-75-32-16-13-29-66(75)67-42-39-59(49-76(67)83)82(74-33-17-25-52-22-9-10-26-61(52)74)60-40-43-68-70-46-55-23-7-8-24-56(55)48-77(70)84-78(68)50-60/h1-50H. The van der Waals surface area contributed by atoms with E-state index < -0.39 is 5.41 Å². The Labute approximate surface area is 485 Å². The zero-order valence-electron chi connectivity index (χ0n) is 45.7. The average Bonchev–Trinajstić information content (AvgIpc) is 1.53. The molecule has 0 radical (unpaired) electrons. The Balaban J connectivity index is 0.847. The van der Waals surface area contributed by atoms with Crippen LogP contribution in [0.2, 0.25) is 0 Å². The van der Waals surface area contributed by atoms with E-state index in [9.17, 15) is 0 Å². The maximum Gasteiger partial charge on any atom is 0.137 e. The highest BCUT2D eigenvalue weighted by molar-refractivity contribution is 6.13. The summed E-state index contributed by atoms with van der Waals surface area (Å²) in [5.74, 6) is 0. The van der Waals surface area contributed by atoms with Crippen LogP contribution in [0.5, 0.6) is 0 Å². The average molecular weight is 1070 g/mol. The lowest BCUT2D eigenvalue weighted by Crippen LogP contribution is -2.27. The van der Waals surface area contributed by atoms with Gasteiger partial charge in [-0.2, -0.15) is 0 Å². The fraction of sp³-hybridized carbons (Fsp3) is 0.0123. The summed E-state index contributed by atoms with van der Waals surface area (Å²) in [7, 11) is 0. The minimum Gasteiger partial charge on any atom is -0.456 e. The van der Waals surface area contributed by atoms with Crippen molar-refractivity contribution < 1.29 is 4.42 Å². The van der Waals surface area contributed by atoms with Gasteiger partial charge in [0.1, 0.15) is 11.2 Å². The van der Waals surface area contributed by atoms with Crippen molar-refractivity contribution in [3.63, 3.8) is 0 Å². The second-order valence-electron chi connectivity index (χ2n) is 22.7. The summed E-state index contributed by atoms with van der Waals surface area (Å²) in [6, 6.07) is 112. The molecule has 0 fully saturated rings. The number of nitrogens with zero attached hydrogens (tertiary/aromatic N) is 2. The highest BCUT2D eigenvalue weighted by Crippen LogP contribution is 2.66. The number of aromatic nitrogens is 1. The minimum absolute atomic E-state index is 0.593. The molecule has 2 aliphatic carbocycles. The molecule has 1 spiro atoms. The Morgan fingerprint density at radius 1 is 0.298 bits per heavy atom. The van der Waals surface area contributed by atoms with E-state index in [-0.39, 0.29) is 0 Å². The van der Waals surface area contributed by atoms with Gasteiger partial charge in [0.15, 0.2) is 0 Å². The van der Waals surface area contributed by atoms with Gasteiger partial charge >= 0.3 is 0 Å². The van der Waals surface area contributed by atoms with E-state index in [0.717, 1.165) is 55.7 Å². The topological polar surface area (TPSA) is 21.3 Å². The predicted octanol–water partition coefficient (Wildman–Crippen LogP) is 21.8. The number of para-hydroxylation sites is 1. The van der Waals surface area contributed by atoms with E-state index in [4.69, 9.17) is 4.42 Å². The monoisotopic (exact) mass is 1070 g/mol. The van der Waals surface area contributed by atoms with Crippen LogP contribution in [-0.2, 0) is 5.41 Å². The molecule has 0 saturated heterocycles. The van der Waals surface area contributed by atoms with Crippen molar-refractivity contribution >= 4 is 82.4 Å². The molecule has 16 aromatic rings. The number of hydrogen-bond donors (Lipinski definition) is 0. The normalized spacial score (nSPS) is 14.0. The summed E-state index contributed by atoms with van der Waals surface area (Å²) in [5, 5.41) is 9.33. The molecular formula is C81H50N2O. The second-order valence-corrected chi connectivity index (χ2v) is 22.7. The fourth-order valence-corrected chi connectivity index (χ4v) is 14.8. The first-order chi connectivity index (χ1) is 41.7. The van der Waals surface area contributed by atoms with Crippen LogP contribution in [0.4, 0.5) is 17.1 Å². The smallest absolute Gasteiger partial charge is 0.137 e. The van der Waals surface area contributed by atoms with Crippen LogP contribution in [-0.4, -0.2) is 4.57 Å². The van der Waals surface area contributed by atoms with Gasteiger partial charge in [0.25, 0.3) is 0 Å². The van der Waals surface area contributed by atoms with Gasteiger partial charge in [-0.05, 0) is 161 Å². The van der Waals surface area contributed by atoms with Crippen molar-refractivity contribution in [3.05, 3.63) is 326 Å². The highest BCUT2D eigenvalue weighted by Gasteiger charge is 2.53. The third kappa shape index (κ3) is 6.69. The van der Waals surface area contributed by atoms with Crippen LogP contribution in [0, 0.1) is 0 Å². The number of fused-ring (bicyclic) bond motifs is 18. The van der Waals surface area contributed by atoms with Gasteiger partial charge in [0.05, 0.1) is 22.1 Å². The molecule has 2 heterocycles. The van der Waals surface area contributed by atoms with Gasteiger partial charge < -0.3 is 13.9 Å². The Kier molecular flexibility index (Phi) is 10.0. The van der Waals surface area contributed by atoms with Crippen LogP contribution in [0.1, 0.15) is 22.3 Å². The van der Waals surface area contributed by atoms with Crippen molar-refractivity contribution in [1.82, 2.24) is 4.57 Å². The lowest BCUT2D eigenvalue weighted by molar-refractivity contribution is 0.669. The van der Waals surface area contributed by atoms with Crippen molar-refractivity contribution in [3.8, 4) is 61.3 Å². The first-order valence-corrected chi connectivity index (χ1v) is 29.1. The van der Waals surface area contributed by atoms with E-state index >= 15 is 0 Å². The van der Waals surface area contributed by atoms with Gasteiger partial charge in [-0.25, -0.2) is 0 Å². The van der Waals surface area contributed by atoms with Crippen LogP contribution >= 0.6 is 0 Å². The molecule has 1 unspecified atom stereocenters. The summed E-state index contributed by atoms with van der Waals surface area (Å²) >= 11 is 0. The highest BCUT2D eigenvalue weighted by atomic mass is 16.3. The predicted molar refractivity (Wildman–Crippen MR) is 350 cm³/mol. The fourth-order valence-electron chi connectivity index (χ4n) is 14.8. The van der Waals surface area contributed by atoms with Crippen LogP contribution in [0.3, 0.4) is 0 Å². The largest absolute Gasteiger partial charge is 0.456 e. The van der Waals surface area contributed by atoms with Crippen molar-refractivity contribution in [2.24, 2.45) is 0 Å². The van der Waals surface area contributed by atoms with E-state index in [1.54, 1.807) is 0 Å². The number of hydrogen-bond acceptors (Lipinski definition) is 2. The minimum atomic E-state index is -0.593. The van der Waals surface area contributed by atoms with Crippen LogP contribution in [0.25, 0.3) is 127 Å². The van der Waals surface area contributed by atoms with Gasteiger partial charge in [-0.1, -0.05) is 231 Å². The third-order valence-corrected chi connectivity index (χ3v) is 18.4. The lowest BCUT2D eigenvalue weighted by atomic mass is 9.67. The first kappa shape index (κ1) is 46.7. The number of rotatable bonds is 7. The molecule has 0 aliphatic heterocycles. The molecule has 2 aliphatic rings. The van der Waals surface area contributed by atoms with Crippen LogP contribution in [0.15, 0.2) is 308 Å². The van der Waals surface area contributed by atoms with E-state index in [1.807, 2.05) is 0 Å². The Hall–Kier alpha value is -11.0. The molecule has 18 rings (SSSR count). The maximum absolute atomic E-state index is 6.76. The van der Waals surface area contributed by atoms with Gasteiger partial charge in [-0.3, -0.25) is 0 Å². The molecular weight excluding hydrogens is 1020 g/mol. The Morgan fingerprint density at radius 2 is 0.857 bits per heavy atom. The lowest BCUT2D eigenvalue weighted by Gasteiger charge is -2.33. The SMILES string of the molecule is c1ccc(-c2ccc3c(c2)C2(c4ccccc4-3)c3ccccc3-c3ccc(-c4ccccc4)c(-c4ccc(-n5c6ccccc6c6ccc(N(c7ccc8c(c7)oc7cc9ccccc9cc78)c7cccc8ccccc78)cc65)cc4)c32)cc1. The summed E-state index contributed by atoms with van der Waals surface area (Å²) in [5.41, 5.74) is 25.3. The van der Waals surface area contributed by atoms with Gasteiger partial charge in [0, 0.05) is 50.1 Å². The number of anilines is 3. The molecule has 3 nitrogen and oxygen atoms in total. The van der Waals surface area contributed by atoms with E-state index in [2.05, 4.69) is 313 Å².